The second kappa shape index (κ2) is 8.88. The number of rotatable bonds is 5. The van der Waals surface area contributed by atoms with Gasteiger partial charge in [0, 0.05) is 42.7 Å². The highest BCUT2D eigenvalue weighted by Gasteiger charge is 2.30. The summed E-state index contributed by atoms with van der Waals surface area (Å²) in [6, 6.07) is 14.1. The number of hydrogen-bond donors (Lipinski definition) is 0. The van der Waals surface area contributed by atoms with Gasteiger partial charge in [0.05, 0.1) is 12.7 Å². The molecule has 8 nitrogen and oxygen atoms in total. The number of halogens is 1. The van der Waals surface area contributed by atoms with Gasteiger partial charge in [-0.3, -0.25) is 14.4 Å². The Bertz CT molecular complexity index is 1750. The number of carbonyl (C=O) groups excluding carboxylic acids is 1. The zero-order valence-electron chi connectivity index (χ0n) is 21.2. The van der Waals surface area contributed by atoms with Gasteiger partial charge in [-0.2, -0.15) is 5.10 Å². The van der Waals surface area contributed by atoms with Crippen molar-refractivity contribution in [2.45, 2.75) is 13.5 Å². The number of anilines is 1. The van der Waals surface area contributed by atoms with Crippen molar-refractivity contribution in [1.29, 1.82) is 0 Å². The maximum atomic E-state index is 14.2. The predicted molar refractivity (Wildman–Crippen MR) is 143 cm³/mol. The largest absolute Gasteiger partial charge is 0.317 e. The third kappa shape index (κ3) is 3.98. The Morgan fingerprint density at radius 3 is 2.58 bits per heavy atom. The second-order valence-corrected chi connectivity index (χ2v) is 9.46. The van der Waals surface area contributed by atoms with E-state index in [4.69, 9.17) is 0 Å². The number of hydrogen-bond acceptors (Lipinski definition) is 5. The van der Waals surface area contributed by atoms with Crippen LogP contribution in [0.2, 0.25) is 0 Å². The third-order valence-corrected chi connectivity index (χ3v) is 6.78. The molecule has 2 aromatic carbocycles. The average molecular weight is 506 g/mol. The lowest BCUT2D eigenvalue weighted by Crippen LogP contribution is -2.24. The van der Waals surface area contributed by atoms with E-state index in [0.29, 0.717) is 29.3 Å². The molecule has 0 N–H and O–H groups in total. The van der Waals surface area contributed by atoms with Gasteiger partial charge in [0.2, 0.25) is 0 Å². The van der Waals surface area contributed by atoms with E-state index in [1.165, 1.54) is 12.1 Å². The van der Waals surface area contributed by atoms with Gasteiger partial charge in [0.1, 0.15) is 18.0 Å². The summed E-state index contributed by atoms with van der Waals surface area (Å²) in [4.78, 5) is 20.0. The lowest BCUT2D eigenvalue weighted by molar-refractivity contribution is 0.0996. The van der Waals surface area contributed by atoms with Crippen molar-refractivity contribution < 1.29 is 9.18 Å². The fourth-order valence-electron chi connectivity index (χ4n) is 4.84. The summed E-state index contributed by atoms with van der Waals surface area (Å²) in [5, 5.41) is 12.3. The molecule has 5 aromatic rings. The summed E-state index contributed by atoms with van der Waals surface area (Å²) in [6.07, 6.45) is 5.24. The maximum absolute atomic E-state index is 14.2. The van der Waals surface area contributed by atoms with Crippen LogP contribution in [0.3, 0.4) is 0 Å². The van der Waals surface area contributed by atoms with Gasteiger partial charge < -0.3 is 4.57 Å². The van der Waals surface area contributed by atoms with Gasteiger partial charge in [-0.25, -0.2) is 9.37 Å². The minimum absolute atomic E-state index is 0.139. The molecule has 188 valence electrons. The van der Waals surface area contributed by atoms with Gasteiger partial charge in [-0.05, 0) is 65.1 Å². The molecule has 0 fully saturated rings. The van der Waals surface area contributed by atoms with E-state index >= 15 is 0 Å². The maximum Gasteiger partial charge on any atom is 0.260 e. The summed E-state index contributed by atoms with van der Waals surface area (Å²) in [5.41, 5.74) is 7.03. The molecule has 0 saturated heterocycles. The van der Waals surface area contributed by atoms with Crippen molar-refractivity contribution >= 4 is 17.3 Å². The summed E-state index contributed by atoms with van der Waals surface area (Å²) >= 11 is 0. The van der Waals surface area contributed by atoms with E-state index in [-0.39, 0.29) is 11.7 Å². The molecule has 9 heteroatoms. The number of benzene rings is 2. The Kier molecular flexibility index (Phi) is 5.48. The lowest BCUT2D eigenvalue weighted by atomic mass is 9.96. The number of pyridine rings is 1. The molecule has 4 heterocycles. The monoisotopic (exact) mass is 505 g/mol. The molecule has 1 amide bonds. The Hall–Kier alpha value is -4.92. The van der Waals surface area contributed by atoms with E-state index in [1.807, 2.05) is 50.5 Å². The first-order valence-electron chi connectivity index (χ1n) is 12.0. The smallest absolute Gasteiger partial charge is 0.260 e. The van der Waals surface area contributed by atoms with E-state index < -0.39 is 0 Å². The van der Waals surface area contributed by atoms with Crippen LogP contribution in [0.4, 0.5) is 10.2 Å². The van der Waals surface area contributed by atoms with Gasteiger partial charge in [-0.1, -0.05) is 24.8 Å². The molecule has 0 unspecified atom stereocenters. The zero-order chi connectivity index (χ0) is 26.6. The van der Waals surface area contributed by atoms with Gasteiger partial charge in [0.15, 0.2) is 5.82 Å². The quantitative estimate of drug-likeness (QED) is 0.338. The zero-order valence-corrected chi connectivity index (χ0v) is 21.2. The minimum Gasteiger partial charge on any atom is -0.317 e. The summed E-state index contributed by atoms with van der Waals surface area (Å²) < 4.78 is 17.7. The fourth-order valence-corrected chi connectivity index (χ4v) is 4.84. The Morgan fingerprint density at radius 2 is 1.84 bits per heavy atom. The number of aromatic nitrogens is 6. The van der Waals surface area contributed by atoms with Crippen molar-refractivity contribution in [2.24, 2.45) is 14.1 Å². The molecule has 3 aromatic heterocycles. The third-order valence-electron chi connectivity index (χ3n) is 6.78. The Labute approximate surface area is 218 Å². The fraction of sp³-hybridized carbons (Fsp3) is 0.138. The summed E-state index contributed by atoms with van der Waals surface area (Å²) in [7, 11) is 3.66. The highest BCUT2D eigenvalue weighted by molar-refractivity contribution is 6.10. The molecular formula is C29H24FN7O. The van der Waals surface area contributed by atoms with Gasteiger partial charge in [0.25, 0.3) is 5.91 Å². The lowest BCUT2D eigenvalue weighted by Gasteiger charge is -2.17. The van der Waals surface area contributed by atoms with E-state index in [0.717, 1.165) is 39.1 Å². The second-order valence-electron chi connectivity index (χ2n) is 9.46. The summed E-state index contributed by atoms with van der Waals surface area (Å²) in [5.74, 6) is 0.595. The standard InChI is InChI=1S/C29H24FN7O/c1-17-9-21(18(2)22-13-32-36(4)14-22)11-27(33-17)37-15-20-6-5-19(10-25(20)29(37)38)24-8-7-23(30)12-26(24)28-34-31-16-35(28)3/h5-14,16H,2,15H2,1,3-4H3. The van der Waals surface area contributed by atoms with Crippen molar-refractivity contribution in [3.63, 3.8) is 0 Å². The number of fused-ring (bicyclic) bond motifs is 1. The van der Waals surface area contributed by atoms with Crippen LogP contribution < -0.4 is 4.90 Å². The van der Waals surface area contributed by atoms with Crippen molar-refractivity contribution in [3.8, 4) is 22.5 Å². The average Bonchev–Trinajstić information content (AvgIpc) is 3.61. The molecule has 38 heavy (non-hydrogen) atoms. The number of carbonyl (C=O) groups is 1. The number of amides is 1. The van der Waals surface area contributed by atoms with Gasteiger partial charge in [-0.15, -0.1) is 10.2 Å². The topological polar surface area (TPSA) is 81.7 Å². The van der Waals surface area contributed by atoms with Crippen LogP contribution in [0, 0.1) is 12.7 Å². The van der Waals surface area contributed by atoms with Crippen LogP contribution in [0.25, 0.3) is 28.1 Å². The molecule has 6 rings (SSSR count). The first kappa shape index (κ1) is 23.5. The Balaban J connectivity index is 1.36. The molecule has 0 radical (unpaired) electrons. The predicted octanol–water partition coefficient (Wildman–Crippen LogP) is 4.95. The van der Waals surface area contributed by atoms with Crippen molar-refractivity contribution in [2.75, 3.05) is 4.90 Å². The molecule has 1 aliphatic heterocycles. The van der Waals surface area contributed by atoms with E-state index in [2.05, 4.69) is 26.9 Å². The first-order chi connectivity index (χ1) is 18.3. The number of aryl methyl sites for hydroxylation is 3. The highest BCUT2D eigenvalue weighted by atomic mass is 19.1. The SMILES string of the molecule is C=C(c1cc(C)nc(N2Cc3ccc(-c4ccc(F)cc4-c4nncn4C)cc3C2=O)c1)c1cnn(C)c1. The molecule has 0 aliphatic carbocycles. The Morgan fingerprint density at radius 1 is 1.00 bits per heavy atom. The molecule has 0 spiro atoms. The van der Waals surface area contributed by atoms with Gasteiger partial charge >= 0.3 is 0 Å². The number of nitrogens with zero attached hydrogens (tertiary/aromatic N) is 7. The molecular weight excluding hydrogens is 481 g/mol. The van der Waals surface area contributed by atoms with Crippen molar-refractivity contribution in [1.82, 2.24) is 29.5 Å². The van der Waals surface area contributed by atoms with E-state index in [1.54, 1.807) is 39.8 Å². The van der Waals surface area contributed by atoms with Crippen LogP contribution in [0.5, 0.6) is 0 Å². The molecule has 1 aliphatic rings. The molecule has 0 saturated carbocycles. The van der Waals surface area contributed by atoms with Crippen LogP contribution in [-0.4, -0.2) is 35.4 Å². The van der Waals surface area contributed by atoms with Crippen molar-refractivity contribution in [3.05, 3.63) is 108 Å². The van der Waals surface area contributed by atoms with Crippen LogP contribution >= 0.6 is 0 Å². The van der Waals surface area contributed by atoms with Crippen LogP contribution in [0.1, 0.15) is 32.7 Å². The minimum atomic E-state index is -0.371. The van der Waals surface area contributed by atoms with E-state index in [9.17, 15) is 9.18 Å². The van der Waals surface area contributed by atoms with Crippen LogP contribution in [-0.2, 0) is 20.6 Å². The molecule has 0 atom stereocenters. The highest BCUT2D eigenvalue weighted by Crippen LogP contribution is 2.36. The molecule has 0 bridgehead atoms. The normalized spacial score (nSPS) is 12.7. The summed E-state index contributed by atoms with van der Waals surface area (Å²) in [6.45, 7) is 6.55. The van der Waals surface area contributed by atoms with Crippen LogP contribution in [0.15, 0.2) is 73.8 Å². The first-order valence-corrected chi connectivity index (χ1v) is 12.0.